The molecule has 5 rings (SSSR count). The Hall–Kier alpha value is -4.24. The van der Waals surface area contributed by atoms with Gasteiger partial charge in [0.05, 0.1) is 16.3 Å². The standard InChI is InChI=1S/C24H18ClN7O2/c1-14-7-8-17(13-27-14)24-31-30-23(34-24)15(2)20(33)22-29-28-21(16-9-11-26-12-10-16)32(22)19-6-4-3-5-18(19)25/h3-13,15H,1-2H3. The number of hydrogen-bond donors (Lipinski definition) is 0. The number of aromatic nitrogens is 7. The van der Waals surface area contributed by atoms with Crippen LogP contribution in [-0.4, -0.2) is 40.7 Å². The molecular weight excluding hydrogens is 454 g/mol. The summed E-state index contributed by atoms with van der Waals surface area (Å²) in [6, 6.07) is 14.4. The first-order chi connectivity index (χ1) is 16.5. The van der Waals surface area contributed by atoms with Gasteiger partial charge in [0.1, 0.15) is 5.92 Å². The number of carbonyl (C=O) groups excluding carboxylic acids is 1. The van der Waals surface area contributed by atoms with Gasteiger partial charge < -0.3 is 4.42 Å². The molecule has 10 heteroatoms. The van der Waals surface area contributed by atoms with Gasteiger partial charge in [0.25, 0.3) is 0 Å². The summed E-state index contributed by atoms with van der Waals surface area (Å²) in [7, 11) is 0. The predicted octanol–water partition coefficient (Wildman–Crippen LogP) is 4.72. The number of halogens is 1. The second-order valence-corrected chi connectivity index (χ2v) is 8.00. The molecule has 1 unspecified atom stereocenters. The van der Waals surface area contributed by atoms with Gasteiger partial charge in [0.15, 0.2) is 5.82 Å². The van der Waals surface area contributed by atoms with Crippen molar-refractivity contribution >= 4 is 17.4 Å². The number of rotatable bonds is 6. The van der Waals surface area contributed by atoms with Crippen LogP contribution in [-0.2, 0) is 0 Å². The molecule has 0 aliphatic carbocycles. The fourth-order valence-corrected chi connectivity index (χ4v) is 3.64. The van der Waals surface area contributed by atoms with E-state index in [9.17, 15) is 4.79 Å². The third-order valence-corrected chi connectivity index (χ3v) is 5.60. The van der Waals surface area contributed by atoms with Crippen LogP contribution in [0.25, 0.3) is 28.5 Å². The molecule has 0 fully saturated rings. The third-order valence-electron chi connectivity index (χ3n) is 5.28. The van der Waals surface area contributed by atoms with Crippen LogP contribution in [0.3, 0.4) is 0 Å². The van der Waals surface area contributed by atoms with Crippen LogP contribution in [0.2, 0.25) is 5.02 Å². The Kier molecular flexibility index (Phi) is 5.69. The van der Waals surface area contributed by atoms with Crippen molar-refractivity contribution in [3.05, 3.63) is 89.6 Å². The van der Waals surface area contributed by atoms with Crippen LogP contribution in [0, 0.1) is 6.92 Å². The minimum absolute atomic E-state index is 0.101. The summed E-state index contributed by atoms with van der Waals surface area (Å²) >= 11 is 6.48. The van der Waals surface area contributed by atoms with Crippen molar-refractivity contribution in [1.29, 1.82) is 0 Å². The molecule has 0 bridgehead atoms. The number of carbonyl (C=O) groups is 1. The average molecular weight is 472 g/mol. The number of hydrogen-bond acceptors (Lipinski definition) is 8. The van der Waals surface area contributed by atoms with Crippen molar-refractivity contribution in [2.24, 2.45) is 0 Å². The summed E-state index contributed by atoms with van der Waals surface area (Å²) < 4.78 is 7.44. The largest absolute Gasteiger partial charge is 0.420 e. The molecule has 4 aromatic heterocycles. The zero-order chi connectivity index (χ0) is 23.7. The maximum atomic E-state index is 13.6. The van der Waals surface area contributed by atoms with Crippen LogP contribution in [0.1, 0.15) is 35.0 Å². The maximum Gasteiger partial charge on any atom is 0.249 e. The van der Waals surface area contributed by atoms with Crippen LogP contribution in [0.5, 0.6) is 0 Å². The lowest BCUT2D eigenvalue weighted by molar-refractivity contribution is 0.0943. The van der Waals surface area contributed by atoms with Gasteiger partial charge in [-0.25, -0.2) is 0 Å². The lowest BCUT2D eigenvalue weighted by Crippen LogP contribution is -2.16. The molecule has 168 valence electrons. The molecule has 34 heavy (non-hydrogen) atoms. The van der Waals surface area contributed by atoms with Crippen LogP contribution < -0.4 is 0 Å². The Morgan fingerprint density at radius 1 is 0.971 bits per heavy atom. The Morgan fingerprint density at radius 3 is 2.50 bits per heavy atom. The van der Waals surface area contributed by atoms with E-state index in [4.69, 9.17) is 16.0 Å². The highest BCUT2D eigenvalue weighted by Crippen LogP contribution is 2.30. The summed E-state index contributed by atoms with van der Waals surface area (Å²) in [6.45, 7) is 3.57. The Balaban J connectivity index is 1.55. The fourth-order valence-electron chi connectivity index (χ4n) is 3.42. The van der Waals surface area contributed by atoms with Gasteiger partial charge in [-0.1, -0.05) is 23.7 Å². The van der Waals surface area contributed by atoms with Crippen LogP contribution in [0.15, 0.2) is 71.5 Å². The molecule has 5 aromatic rings. The Labute approximate surface area is 199 Å². The summed E-state index contributed by atoms with van der Waals surface area (Å²) in [5, 5.41) is 17.1. The maximum absolute atomic E-state index is 13.6. The van der Waals surface area contributed by atoms with E-state index < -0.39 is 5.92 Å². The Morgan fingerprint density at radius 2 is 1.76 bits per heavy atom. The highest BCUT2D eigenvalue weighted by Gasteiger charge is 2.30. The van der Waals surface area contributed by atoms with Gasteiger partial charge in [0.2, 0.25) is 23.4 Å². The van der Waals surface area contributed by atoms with E-state index >= 15 is 0 Å². The molecule has 0 amide bonds. The van der Waals surface area contributed by atoms with Crippen LogP contribution in [0.4, 0.5) is 0 Å². The van der Waals surface area contributed by atoms with Crippen molar-refractivity contribution in [2.75, 3.05) is 0 Å². The SMILES string of the molecule is Cc1ccc(-c2nnc(C(C)C(=O)c3nnc(-c4ccncc4)n3-c3ccccc3Cl)o2)cn1. The zero-order valence-corrected chi connectivity index (χ0v) is 19.0. The molecule has 1 atom stereocenters. The van der Waals surface area contributed by atoms with Gasteiger partial charge in [-0.15, -0.1) is 20.4 Å². The van der Waals surface area contributed by atoms with Gasteiger partial charge in [-0.05, 0) is 50.2 Å². The summed E-state index contributed by atoms with van der Waals surface area (Å²) in [5.74, 6) is -0.0977. The van der Waals surface area contributed by atoms with Gasteiger partial charge >= 0.3 is 0 Å². The molecule has 0 spiro atoms. The molecule has 0 saturated carbocycles. The van der Waals surface area contributed by atoms with Crippen molar-refractivity contribution in [3.8, 4) is 28.5 Å². The van der Waals surface area contributed by atoms with E-state index in [1.54, 1.807) is 54.3 Å². The van der Waals surface area contributed by atoms with E-state index in [0.717, 1.165) is 11.3 Å². The smallest absolute Gasteiger partial charge is 0.249 e. The quantitative estimate of drug-likeness (QED) is 0.327. The second-order valence-electron chi connectivity index (χ2n) is 7.59. The molecule has 0 aliphatic heterocycles. The van der Waals surface area contributed by atoms with Crippen molar-refractivity contribution in [3.63, 3.8) is 0 Å². The molecule has 4 heterocycles. The number of pyridine rings is 2. The second kappa shape index (κ2) is 8.95. The van der Waals surface area contributed by atoms with Gasteiger partial charge in [-0.2, -0.15) is 0 Å². The number of nitrogens with zero attached hydrogens (tertiary/aromatic N) is 7. The predicted molar refractivity (Wildman–Crippen MR) is 125 cm³/mol. The first-order valence-electron chi connectivity index (χ1n) is 10.4. The molecule has 0 saturated heterocycles. The zero-order valence-electron chi connectivity index (χ0n) is 18.3. The van der Waals surface area contributed by atoms with E-state index in [1.807, 2.05) is 31.2 Å². The molecular formula is C24H18ClN7O2. The van der Waals surface area contributed by atoms with E-state index in [0.29, 0.717) is 22.1 Å². The lowest BCUT2D eigenvalue weighted by Gasteiger charge is -2.13. The molecule has 9 nitrogen and oxygen atoms in total. The molecule has 1 aromatic carbocycles. The van der Waals surface area contributed by atoms with Crippen molar-refractivity contribution in [1.82, 2.24) is 34.9 Å². The summed E-state index contributed by atoms with van der Waals surface area (Å²) in [6.07, 6.45) is 4.93. The molecule has 0 radical (unpaired) electrons. The number of ketones is 1. The Bertz CT molecular complexity index is 1460. The molecule has 0 aliphatic rings. The van der Waals surface area contributed by atoms with Crippen molar-refractivity contribution in [2.45, 2.75) is 19.8 Å². The lowest BCUT2D eigenvalue weighted by atomic mass is 10.1. The minimum atomic E-state index is -0.768. The number of benzene rings is 1. The monoisotopic (exact) mass is 471 g/mol. The van der Waals surface area contributed by atoms with E-state index in [-0.39, 0.29) is 23.4 Å². The highest BCUT2D eigenvalue weighted by atomic mass is 35.5. The first-order valence-corrected chi connectivity index (χ1v) is 10.8. The van der Waals surface area contributed by atoms with E-state index in [2.05, 4.69) is 30.4 Å². The topological polar surface area (TPSA) is 112 Å². The van der Waals surface area contributed by atoms with Crippen molar-refractivity contribution < 1.29 is 9.21 Å². The number of para-hydroxylation sites is 1. The minimum Gasteiger partial charge on any atom is -0.420 e. The average Bonchev–Trinajstić information content (AvgIpc) is 3.53. The normalized spacial score (nSPS) is 12.0. The summed E-state index contributed by atoms with van der Waals surface area (Å²) in [5.41, 5.74) is 2.86. The highest BCUT2D eigenvalue weighted by molar-refractivity contribution is 6.32. The number of Topliss-reactive ketones (excluding diaryl/α,β-unsaturated/α-hetero) is 1. The fraction of sp³-hybridized carbons (Fsp3) is 0.125. The van der Waals surface area contributed by atoms with Gasteiger partial charge in [-0.3, -0.25) is 19.3 Å². The van der Waals surface area contributed by atoms with Gasteiger partial charge in [0, 0.05) is 29.8 Å². The third kappa shape index (κ3) is 3.97. The summed E-state index contributed by atoms with van der Waals surface area (Å²) in [4.78, 5) is 21.9. The van der Waals surface area contributed by atoms with Crippen LogP contribution >= 0.6 is 11.6 Å². The van der Waals surface area contributed by atoms with E-state index in [1.165, 1.54) is 0 Å². The molecule has 0 N–H and O–H groups in total. The first kappa shape index (κ1) is 21.6. The number of aryl methyl sites for hydroxylation is 1.